The zero-order valence-electron chi connectivity index (χ0n) is 25.2. The normalized spacial score (nSPS) is 13.9. The van der Waals surface area contributed by atoms with Crippen LogP contribution in [0, 0.1) is 0 Å². The van der Waals surface area contributed by atoms with E-state index in [1.165, 1.54) is 96.3 Å². The molecule has 1 heterocycles. The summed E-state index contributed by atoms with van der Waals surface area (Å²) < 4.78 is 5.69. The van der Waals surface area contributed by atoms with Gasteiger partial charge in [-0.3, -0.25) is 4.79 Å². The standard InChI is InChI=1S/C33H57N3O3/c1-3-4-5-6-7-8-9-10-11-12-13-14-15-16-17-20-25-34-32(37)24-23-30-21-18-19-22-31(30)39-33(38)36-28-26-35(2)27-29-36/h18-19,21-22H,3-17,20,23-29H2,1-2H3,(H,34,37). The van der Waals surface area contributed by atoms with Crippen molar-refractivity contribution >= 4 is 12.0 Å². The Kier molecular flexibility index (Phi) is 18.4. The van der Waals surface area contributed by atoms with Crippen LogP contribution in [-0.4, -0.2) is 61.6 Å². The second kappa shape index (κ2) is 21.7. The van der Waals surface area contributed by atoms with Gasteiger partial charge in [-0.05, 0) is 31.5 Å². The monoisotopic (exact) mass is 543 g/mol. The van der Waals surface area contributed by atoms with Crippen LogP contribution in [-0.2, 0) is 11.2 Å². The Labute approximate surface area is 239 Å². The molecule has 39 heavy (non-hydrogen) atoms. The van der Waals surface area contributed by atoms with E-state index in [9.17, 15) is 9.59 Å². The maximum absolute atomic E-state index is 12.6. The number of aryl methyl sites for hydroxylation is 1. The molecule has 0 unspecified atom stereocenters. The van der Waals surface area contributed by atoms with Crippen molar-refractivity contribution in [1.29, 1.82) is 0 Å². The van der Waals surface area contributed by atoms with E-state index >= 15 is 0 Å². The van der Waals surface area contributed by atoms with E-state index in [1.807, 2.05) is 24.3 Å². The van der Waals surface area contributed by atoms with Crippen molar-refractivity contribution in [2.24, 2.45) is 0 Å². The molecule has 0 aliphatic carbocycles. The Hall–Kier alpha value is -2.08. The van der Waals surface area contributed by atoms with E-state index in [0.717, 1.165) is 31.6 Å². The second-order valence-corrected chi connectivity index (χ2v) is 11.4. The Balaban J connectivity index is 1.43. The Morgan fingerprint density at radius 1 is 0.744 bits per heavy atom. The Bertz CT molecular complexity index is 777. The molecule has 6 heteroatoms. The van der Waals surface area contributed by atoms with Gasteiger partial charge in [-0.25, -0.2) is 4.79 Å². The number of amides is 2. The molecule has 2 amide bonds. The van der Waals surface area contributed by atoms with Crippen LogP contribution in [0.1, 0.15) is 122 Å². The minimum atomic E-state index is -0.302. The predicted octanol–water partition coefficient (Wildman–Crippen LogP) is 7.74. The van der Waals surface area contributed by atoms with Gasteiger partial charge in [0.05, 0.1) is 0 Å². The highest BCUT2D eigenvalue weighted by Crippen LogP contribution is 2.21. The highest BCUT2D eigenvalue weighted by molar-refractivity contribution is 5.76. The Morgan fingerprint density at radius 3 is 1.82 bits per heavy atom. The average Bonchev–Trinajstić information content (AvgIpc) is 2.94. The number of unbranched alkanes of at least 4 members (excludes halogenated alkanes) is 15. The molecule has 1 N–H and O–H groups in total. The van der Waals surface area contributed by atoms with Crippen molar-refractivity contribution < 1.29 is 14.3 Å². The van der Waals surface area contributed by atoms with Crippen LogP contribution in [0.2, 0.25) is 0 Å². The number of carbonyl (C=O) groups excluding carboxylic acids is 2. The van der Waals surface area contributed by atoms with Crippen LogP contribution in [0.4, 0.5) is 4.79 Å². The third kappa shape index (κ3) is 15.9. The van der Waals surface area contributed by atoms with Crippen molar-refractivity contribution in [2.75, 3.05) is 39.8 Å². The minimum Gasteiger partial charge on any atom is -0.410 e. The molecule has 0 radical (unpaired) electrons. The zero-order valence-corrected chi connectivity index (χ0v) is 25.2. The lowest BCUT2D eigenvalue weighted by Crippen LogP contribution is -2.48. The van der Waals surface area contributed by atoms with Gasteiger partial charge in [0.1, 0.15) is 5.75 Å². The van der Waals surface area contributed by atoms with Gasteiger partial charge in [0.25, 0.3) is 0 Å². The first kappa shape index (κ1) is 33.1. The molecule has 0 aromatic heterocycles. The minimum absolute atomic E-state index is 0.0659. The van der Waals surface area contributed by atoms with Crippen molar-refractivity contribution in [3.63, 3.8) is 0 Å². The molecule has 222 valence electrons. The number of piperazine rings is 1. The molecule has 2 rings (SSSR count). The van der Waals surface area contributed by atoms with E-state index in [-0.39, 0.29) is 12.0 Å². The molecule has 6 nitrogen and oxygen atoms in total. The summed E-state index contributed by atoms with van der Waals surface area (Å²) in [7, 11) is 2.06. The smallest absolute Gasteiger partial charge is 0.410 e. The molecule has 1 aromatic rings. The summed E-state index contributed by atoms with van der Waals surface area (Å²) in [5.41, 5.74) is 0.900. The third-order valence-electron chi connectivity index (χ3n) is 7.91. The molecule has 1 aliphatic rings. The fourth-order valence-electron chi connectivity index (χ4n) is 5.20. The molecular formula is C33H57N3O3. The van der Waals surface area contributed by atoms with Crippen molar-refractivity contribution in [1.82, 2.24) is 15.1 Å². The number of nitrogens with one attached hydrogen (secondary N) is 1. The van der Waals surface area contributed by atoms with E-state index in [0.29, 0.717) is 31.7 Å². The molecule has 1 saturated heterocycles. The quantitative estimate of drug-likeness (QED) is 0.161. The summed E-state index contributed by atoms with van der Waals surface area (Å²) in [6.07, 6.45) is 22.3. The summed E-state index contributed by atoms with van der Waals surface area (Å²) in [5.74, 6) is 0.628. The van der Waals surface area contributed by atoms with E-state index in [2.05, 4.69) is 24.2 Å². The van der Waals surface area contributed by atoms with Crippen LogP contribution in [0.25, 0.3) is 0 Å². The summed E-state index contributed by atoms with van der Waals surface area (Å²) >= 11 is 0. The topological polar surface area (TPSA) is 61.9 Å². The largest absolute Gasteiger partial charge is 0.415 e. The van der Waals surface area contributed by atoms with Crippen LogP contribution in [0.5, 0.6) is 5.75 Å². The number of hydrogen-bond acceptors (Lipinski definition) is 4. The maximum Gasteiger partial charge on any atom is 0.415 e. The Morgan fingerprint density at radius 2 is 1.26 bits per heavy atom. The second-order valence-electron chi connectivity index (χ2n) is 11.4. The van der Waals surface area contributed by atoms with E-state index in [4.69, 9.17) is 4.74 Å². The summed E-state index contributed by atoms with van der Waals surface area (Å²) in [6.45, 7) is 6.10. The van der Waals surface area contributed by atoms with Gasteiger partial charge in [0.15, 0.2) is 0 Å². The van der Waals surface area contributed by atoms with Crippen LogP contribution < -0.4 is 10.1 Å². The van der Waals surface area contributed by atoms with Crippen molar-refractivity contribution in [2.45, 2.75) is 122 Å². The summed E-state index contributed by atoms with van der Waals surface area (Å²) in [4.78, 5) is 28.9. The number of likely N-dealkylation sites (N-methyl/N-ethyl adjacent to an activating group) is 1. The fraction of sp³-hybridized carbons (Fsp3) is 0.758. The molecule has 1 aliphatic heterocycles. The van der Waals surface area contributed by atoms with Gasteiger partial charge < -0.3 is 19.9 Å². The average molecular weight is 544 g/mol. The number of hydrogen-bond donors (Lipinski definition) is 1. The van der Waals surface area contributed by atoms with Crippen LogP contribution in [0.3, 0.4) is 0 Å². The van der Waals surface area contributed by atoms with Gasteiger partial charge in [-0.1, -0.05) is 121 Å². The first-order valence-corrected chi connectivity index (χ1v) is 16.1. The number of nitrogens with zero attached hydrogens (tertiary/aromatic N) is 2. The highest BCUT2D eigenvalue weighted by atomic mass is 16.6. The lowest BCUT2D eigenvalue weighted by Gasteiger charge is -2.31. The van der Waals surface area contributed by atoms with Crippen molar-refractivity contribution in [3.05, 3.63) is 29.8 Å². The molecule has 0 saturated carbocycles. The predicted molar refractivity (Wildman–Crippen MR) is 162 cm³/mol. The third-order valence-corrected chi connectivity index (χ3v) is 7.91. The zero-order chi connectivity index (χ0) is 28.0. The first-order valence-electron chi connectivity index (χ1n) is 16.1. The van der Waals surface area contributed by atoms with Gasteiger partial charge >= 0.3 is 6.09 Å². The number of rotatable bonds is 21. The molecule has 0 atom stereocenters. The van der Waals surface area contributed by atoms with Crippen LogP contribution >= 0.6 is 0 Å². The fourth-order valence-corrected chi connectivity index (χ4v) is 5.20. The summed E-state index contributed by atoms with van der Waals surface area (Å²) in [6, 6.07) is 7.55. The lowest BCUT2D eigenvalue weighted by atomic mass is 10.0. The number of ether oxygens (including phenoxy) is 1. The molecule has 0 spiro atoms. The lowest BCUT2D eigenvalue weighted by molar-refractivity contribution is -0.121. The molecular weight excluding hydrogens is 486 g/mol. The SMILES string of the molecule is CCCCCCCCCCCCCCCCCCNC(=O)CCc1ccccc1OC(=O)N1CCN(C)CC1. The van der Waals surface area contributed by atoms with Gasteiger partial charge in [0.2, 0.25) is 5.91 Å². The molecule has 0 bridgehead atoms. The van der Waals surface area contributed by atoms with E-state index < -0.39 is 0 Å². The molecule has 1 aromatic carbocycles. The van der Waals surface area contributed by atoms with Gasteiger partial charge in [0, 0.05) is 39.1 Å². The van der Waals surface area contributed by atoms with Gasteiger partial charge in [-0.2, -0.15) is 0 Å². The summed E-state index contributed by atoms with van der Waals surface area (Å²) in [5, 5.41) is 3.06. The number of benzene rings is 1. The maximum atomic E-state index is 12.6. The van der Waals surface area contributed by atoms with Crippen LogP contribution in [0.15, 0.2) is 24.3 Å². The van der Waals surface area contributed by atoms with E-state index in [1.54, 1.807) is 4.90 Å². The number of carbonyl (C=O) groups is 2. The highest BCUT2D eigenvalue weighted by Gasteiger charge is 2.21. The van der Waals surface area contributed by atoms with Gasteiger partial charge in [-0.15, -0.1) is 0 Å². The van der Waals surface area contributed by atoms with Crippen molar-refractivity contribution in [3.8, 4) is 5.75 Å². The molecule has 1 fully saturated rings. The number of para-hydroxylation sites is 1. The first-order chi connectivity index (χ1) is 19.1.